The number of hydrogen-bond donors (Lipinski definition) is 2. The number of primary amides is 1. The molecule has 4 N–H and O–H groups in total. The van der Waals surface area contributed by atoms with E-state index in [1.807, 2.05) is 24.3 Å². The van der Waals surface area contributed by atoms with Crippen LogP contribution in [0, 0.1) is 0 Å². The first kappa shape index (κ1) is 14.3. The SMILES string of the molecule is COc1cc(N)ccc1SCc1ccccc1C(N)=O. The first-order chi connectivity index (χ1) is 9.61. The summed E-state index contributed by atoms with van der Waals surface area (Å²) in [4.78, 5) is 12.3. The van der Waals surface area contributed by atoms with E-state index < -0.39 is 5.91 Å². The summed E-state index contributed by atoms with van der Waals surface area (Å²) in [6.45, 7) is 0. The highest BCUT2D eigenvalue weighted by Crippen LogP contribution is 2.33. The number of methoxy groups -OCH3 is 1. The van der Waals surface area contributed by atoms with Gasteiger partial charge in [0.1, 0.15) is 5.75 Å². The predicted molar refractivity (Wildman–Crippen MR) is 81.9 cm³/mol. The van der Waals surface area contributed by atoms with Crippen molar-refractivity contribution in [2.24, 2.45) is 5.73 Å². The summed E-state index contributed by atoms with van der Waals surface area (Å²) >= 11 is 1.58. The lowest BCUT2D eigenvalue weighted by Crippen LogP contribution is -2.13. The van der Waals surface area contributed by atoms with E-state index in [0.717, 1.165) is 16.2 Å². The van der Waals surface area contributed by atoms with Crippen LogP contribution in [0.4, 0.5) is 5.69 Å². The highest BCUT2D eigenvalue weighted by Gasteiger charge is 2.09. The molecular formula is C15H16N2O2S. The molecular weight excluding hydrogens is 272 g/mol. The molecule has 0 saturated heterocycles. The van der Waals surface area contributed by atoms with E-state index in [9.17, 15) is 4.79 Å². The Bertz CT molecular complexity index is 629. The summed E-state index contributed by atoms with van der Waals surface area (Å²) in [6, 6.07) is 12.8. The molecule has 0 saturated carbocycles. The topological polar surface area (TPSA) is 78.3 Å². The number of rotatable bonds is 5. The van der Waals surface area contributed by atoms with Crippen molar-refractivity contribution in [1.29, 1.82) is 0 Å². The molecule has 104 valence electrons. The zero-order chi connectivity index (χ0) is 14.5. The summed E-state index contributed by atoms with van der Waals surface area (Å²) in [7, 11) is 1.61. The monoisotopic (exact) mass is 288 g/mol. The van der Waals surface area contributed by atoms with Crippen molar-refractivity contribution in [3.05, 3.63) is 53.6 Å². The van der Waals surface area contributed by atoms with Crippen LogP contribution in [0.15, 0.2) is 47.4 Å². The number of hydrogen-bond acceptors (Lipinski definition) is 4. The third kappa shape index (κ3) is 3.24. The molecule has 0 fully saturated rings. The van der Waals surface area contributed by atoms with Crippen LogP contribution in [-0.4, -0.2) is 13.0 Å². The van der Waals surface area contributed by atoms with Gasteiger partial charge in [-0.2, -0.15) is 0 Å². The van der Waals surface area contributed by atoms with Crippen molar-refractivity contribution >= 4 is 23.4 Å². The quantitative estimate of drug-likeness (QED) is 0.655. The number of nitrogen functional groups attached to an aromatic ring is 1. The second-order valence-corrected chi connectivity index (χ2v) is 5.24. The van der Waals surface area contributed by atoms with E-state index in [4.69, 9.17) is 16.2 Å². The lowest BCUT2D eigenvalue weighted by Gasteiger charge is -2.10. The minimum Gasteiger partial charge on any atom is -0.496 e. The van der Waals surface area contributed by atoms with Gasteiger partial charge in [0, 0.05) is 28.0 Å². The van der Waals surface area contributed by atoms with Crippen LogP contribution >= 0.6 is 11.8 Å². The van der Waals surface area contributed by atoms with E-state index in [1.165, 1.54) is 0 Å². The van der Waals surface area contributed by atoms with Gasteiger partial charge in [-0.1, -0.05) is 18.2 Å². The highest BCUT2D eigenvalue weighted by molar-refractivity contribution is 7.98. The largest absolute Gasteiger partial charge is 0.496 e. The lowest BCUT2D eigenvalue weighted by molar-refractivity contribution is 0.0999. The van der Waals surface area contributed by atoms with Crippen LogP contribution in [0.1, 0.15) is 15.9 Å². The molecule has 20 heavy (non-hydrogen) atoms. The molecule has 2 aromatic rings. The van der Waals surface area contributed by atoms with Crippen LogP contribution in [0.25, 0.3) is 0 Å². The number of thioether (sulfide) groups is 1. The van der Waals surface area contributed by atoms with Crippen LogP contribution < -0.4 is 16.2 Å². The third-order valence-electron chi connectivity index (χ3n) is 2.85. The molecule has 0 bridgehead atoms. The Morgan fingerprint density at radius 2 is 2.00 bits per heavy atom. The standard InChI is InChI=1S/C15H16N2O2S/c1-19-13-8-11(16)6-7-14(13)20-9-10-4-2-3-5-12(10)15(17)18/h2-8H,9,16H2,1H3,(H2,17,18). The van der Waals surface area contributed by atoms with E-state index in [0.29, 0.717) is 17.0 Å². The van der Waals surface area contributed by atoms with Gasteiger partial charge < -0.3 is 16.2 Å². The van der Waals surface area contributed by atoms with Crippen molar-refractivity contribution < 1.29 is 9.53 Å². The predicted octanol–water partition coefficient (Wildman–Crippen LogP) is 2.67. The van der Waals surface area contributed by atoms with Gasteiger partial charge in [-0.3, -0.25) is 4.79 Å². The zero-order valence-electron chi connectivity index (χ0n) is 11.1. The number of carbonyl (C=O) groups excluding carboxylic acids is 1. The minimum atomic E-state index is -0.412. The molecule has 0 radical (unpaired) electrons. The summed E-state index contributed by atoms with van der Waals surface area (Å²) < 4.78 is 5.30. The fourth-order valence-corrected chi connectivity index (χ4v) is 2.86. The molecule has 0 aromatic heterocycles. The van der Waals surface area contributed by atoms with Gasteiger partial charge in [0.15, 0.2) is 0 Å². The number of ether oxygens (including phenoxy) is 1. The lowest BCUT2D eigenvalue weighted by atomic mass is 10.1. The van der Waals surface area contributed by atoms with Crippen LogP contribution in [0.3, 0.4) is 0 Å². The highest BCUT2D eigenvalue weighted by atomic mass is 32.2. The Hall–Kier alpha value is -2.14. The molecule has 5 heteroatoms. The molecule has 2 rings (SSSR count). The van der Waals surface area contributed by atoms with Crippen molar-refractivity contribution in [2.75, 3.05) is 12.8 Å². The van der Waals surface area contributed by atoms with Gasteiger partial charge in [-0.25, -0.2) is 0 Å². The second kappa shape index (κ2) is 6.34. The Kier molecular flexibility index (Phi) is 4.53. The van der Waals surface area contributed by atoms with Crippen LogP contribution in [0.5, 0.6) is 5.75 Å². The smallest absolute Gasteiger partial charge is 0.249 e. The molecule has 0 atom stereocenters. The molecule has 1 amide bonds. The summed E-state index contributed by atoms with van der Waals surface area (Å²) in [5.74, 6) is 0.955. The van der Waals surface area contributed by atoms with Gasteiger partial charge in [-0.15, -0.1) is 11.8 Å². The third-order valence-corrected chi connectivity index (χ3v) is 3.96. The Morgan fingerprint density at radius 1 is 1.25 bits per heavy atom. The van der Waals surface area contributed by atoms with Crippen molar-refractivity contribution in [3.63, 3.8) is 0 Å². The van der Waals surface area contributed by atoms with Gasteiger partial charge in [0.05, 0.1) is 7.11 Å². The van der Waals surface area contributed by atoms with Crippen molar-refractivity contribution in [3.8, 4) is 5.75 Å². The first-order valence-corrected chi connectivity index (χ1v) is 7.04. The number of carbonyl (C=O) groups is 1. The molecule has 0 heterocycles. The number of amides is 1. The summed E-state index contributed by atoms with van der Waals surface area (Å²) in [6.07, 6.45) is 0. The van der Waals surface area contributed by atoms with Crippen LogP contribution in [-0.2, 0) is 5.75 Å². The van der Waals surface area contributed by atoms with Gasteiger partial charge >= 0.3 is 0 Å². The van der Waals surface area contributed by atoms with Gasteiger partial charge in [0.2, 0.25) is 5.91 Å². The molecule has 0 aliphatic rings. The van der Waals surface area contributed by atoms with E-state index in [1.54, 1.807) is 37.1 Å². The van der Waals surface area contributed by atoms with Crippen LogP contribution in [0.2, 0.25) is 0 Å². The number of nitrogens with two attached hydrogens (primary N) is 2. The fraction of sp³-hybridized carbons (Fsp3) is 0.133. The maximum atomic E-state index is 11.4. The molecule has 0 unspecified atom stereocenters. The minimum absolute atomic E-state index is 0.412. The van der Waals surface area contributed by atoms with Gasteiger partial charge in [0.25, 0.3) is 0 Å². The normalized spacial score (nSPS) is 10.2. The fourth-order valence-electron chi connectivity index (χ4n) is 1.85. The summed E-state index contributed by atoms with van der Waals surface area (Å²) in [5, 5.41) is 0. The Morgan fingerprint density at radius 3 is 2.70 bits per heavy atom. The number of benzene rings is 2. The Labute approximate surface area is 122 Å². The summed E-state index contributed by atoms with van der Waals surface area (Å²) in [5.41, 5.74) is 13.2. The average Bonchev–Trinajstić information content (AvgIpc) is 2.46. The van der Waals surface area contributed by atoms with E-state index in [2.05, 4.69) is 0 Å². The maximum Gasteiger partial charge on any atom is 0.249 e. The maximum absolute atomic E-state index is 11.4. The van der Waals surface area contributed by atoms with E-state index in [-0.39, 0.29) is 0 Å². The average molecular weight is 288 g/mol. The molecule has 0 aliphatic heterocycles. The molecule has 4 nitrogen and oxygen atoms in total. The second-order valence-electron chi connectivity index (χ2n) is 4.22. The van der Waals surface area contributed by atoms with Crippen molar-refractivity contribution in [1.82, 2.24) is 0 Å². The zero-order valence-corrected chi connectivity index (χ0v) is 11.9. The molecule has 2 aromatic carbocycles. The Balaban J connectivity index is 2.19. The molecule has 0 aliphatic carbocycles. The van der Waals surface area contributed by atoms with E-state index >= 15 is 0 Å². The number of anilines is 1. The first-order valence-electron chi connectivity index (χ1n) is 6.06. The van der Waals surface area contributed by atoms with Gasteiger partial charge in [-0.05, 0) is 23.8 Å². The van der Waals surface area contributed by atoms with Crippen molar-refractivity contribution in [2.45, 2.75) is 10.6 Å². The molecule has 0 spiro atoms.